The molecule has 0 aromatic carbocycles. The molecule has 0 radical (unpaired) electrons. The molecule has 2 atom stereocenters. The fourth-order valence-electron chi connectivity index (χ4n) is 10.3. The number of phosphoric ester groups is 1. The van der Waals surface area contributed by atoms with Gasteiger partial charge in [0.2, 0.25) is 0 Å². The Morgan fingerprint density at radius 3 is 0.976 bits per heavy atom. The predicted molar refractivity (Wildman–Crippen MR) is 362 cm³/mol. The topological polar surface area (TPSA) is 134 Å². The summed E-state index contributed by atoms with van der Waals surface area (Å²) < 4.78 is 33.1. The summed E-state index contributed by atoms with van der Waals surface area (Å²) >= 11 is 0. The fraction of sp³-hybridized carbons (Fsp3) is 0.784. The average molecular weight is 1200 g/mol. The maximum absolute atomic E-state index is 12.7. The highest BCUT2D eigenvalue weighted by Gasteiger charge is 2.26. The third kappa shape index (κ3) is 68.3. The van der Waals surface area contributed by atoms with E-state index in [9.17, 15) is 19.0 Å². The number of esters is 2. The van der Waals surface area contributed by atoms with Crippen molar-refractivity contribution in [3.05, 3.63) is 85.1 Å². The van der Waals surface area contributed by atoms with Gasteiger partial charge >= 0.3 is 19.8 Å². The van der Waals surface area contributed by atoms with Crippen molar-refractivity contribution in [3.8, 4) is 0 Å². The van der Waals surface area contributed by atoms with E-state index in [1.54, 1.807) is 0 Å². The number of allylic oxidation sites excluding steroid dienone is 14. The van der Waals surface area contributed by atoms with Crippen molar-refractivity contribution < 1.29 is 37.6 Å². The molecule has 0 fully saturated rings. The lowest BCUT2D eigenvalue weighted by Gasteiger charge is -2.19. The van der Waals surface area contributed by atoms with Crippen LogP contribution in [0.2, 0.25) is 0 Å². The molecule has 0 aromatic rings. The van der Waals surface area contributed by atoms with Gasteiger partial charge in [0.05, 0.1) is 13.2 Å². The molecule has 0 spiro atoms. The number of hydrogen-bond acceptors (Lipinski definition) is 8. The van der Waals surface area contributed by atoms with Gasteiger partial charge in [-0.3, -0.25) is 18.6 Å². The Morgan fingerprint density at radius 1 is 0.369 bits per heavy atom. The predicted octanol–water partition coefficient (Wildman–Crippen LogP) is 23.4. The normalized spacial score (nSPS) is 13.4. The largest absolute Gasteiger partial charge is 0.472 e. The van der Waals surface area contributed by atoms with E-state index in [4.69, 9.17) is 24.3 Å². The highest BCUT2D eigenvalue weighted by Crippen LogP contribution is 2.43. The van der Waals surface area contributed by atoms with E-state index in [1.165, 1.54) is 225 Å². The molecule has 9 nitrogen and oxygen atoms in total. The van der Waals surface area contributed by atoms with Gasteiger partial charge in [0.15, 0.2) is 6.10 Å². The summed E-state index contributed by atoms with van der Waals surface area (Å²) in [6.45, 7) is 3.63. The first-order chi connectivity index (χ1) is 41.3. The summed E-state index contributed by atoms with van der Waals surface area (Å²) in [5.74, 6) is -0.858. The van der Waals surface area contributed by atoms with Gasteiger partial charge in [0.1, 0.15) is 6.61 Å². The summed E-state index contributed by atoms with van der Waals surface area (Å²) in [6, 6.07) is 0. The molecule has 0 aromatic heterocycles. The van der Waals surface area contributed by atoms with Gasteiger partial charge in [0, 0.05) is 19.4 Å². The molecular weight excluding hydrogens is 1060 g/mol. The Hall–Kier alpha value is -2.81. The number of rotatable bonds is 67. The molecule has 0 bridgehead atoms. The Bertz CT molecular complexity index is 1650. The van der Waals surface area contributed by atoms with E-state index in [0.29, 0.717) is 6.42 Å². The van der Waals surface area contributed by atoms with Crippen LogP contribution in [-0.4, -0.2) is 49.3 Å². The maximum Gasteiger partial charge on any atom is 0.472 e. The molecule has 0 saturated heterocycles. The molecule has 0 rings (SSSR count). The van der Waals surface area contributed by atoms with Gasteiger partial charge in [0.25, 0.3) is 0 Å². The number of ether oxygens (including phenoxy) is 2. The maximum atomic E-state index is 12.7. The van der Waals surface area contributed by atoms with Crippen LogP contribution in [0.15, 0.2) is 85.1 Å². The first kappa shape index (κ1) is 81.2. The van der Waals surface area contributed by atoms with Gasteiger partial charge in [-0.2, -0.15) is 0 Å². The van der Waals surface area contributed by atoms with Crippen LogP contribution in [0.1, 0.15) is 341 Å². The lowest BCUT2D eigenvalue weighted by molar-refractivity contribution is -0.161. The molecule has 0 saturated carbocycles. The van der Waals surface area contributed by atoms with Crippen molar-refractivity contribution in [2.75, 3.05) is 26.4 Å². The number of carbonyl (C=O) groups excluding carboxylic acids is 2. The SMILES string of the molecule is CC/C=C\C/C=C\C/C=C\C/C=C\C/C=C\C/C=C\C/C=C\CCCCCC(=O)OC(COC(=O)CCCCCCCCCCCCCCCCCCCCCCCCCCCCCCCCCCCCCCCC)COP(=O)(O)OCCN. The van der Waals surface area contributed by atoms with Crippen molar-refractivity contribution in [1.82, 2.24) is 0 Å². The molecule has 84 heavy (non-hydrogen) atoms. The molecule has 0 aliphatic heterocycles. The van der Waals surface area contributed by atoms with Gasteiger partial charge in [-0.05, 0) is 70.6 Å². The Kier molecular flexibility index (Phi) is 67.0. The number of unbranched alkanes of at least 4 members (excludes halogenated alkanes) is 40. The van der Waals surface area contributed by atoms with Gasteiger partial charge in [-0.25, -0.2) is 4.57 Å². The summed E-state index contributed by atoms with van der Waals surface area (Å²) in [4.78, 5) is 35.3. The van der Waals surface area contributed by atoms with Gasteiger partial charge in [-0.15, -0.1) is 0 Å². The standard InChI is InChI=1S/C74H134NO8P/c1-3-5-7-9-11-13-15-17-19-21-23-25-27-29-30-31-32-33-34-35-36-37-38-39-40-41-43-44-46-48-50-52-54-56-58-60-62-64-66-73(76)80-70-72(71-82-84(78,79)81-69-68-75)83-74(77)67-65-63-61-59-57-55-53-51-49-47-45-42-28-26-24-22-20-18-16-14-12-10-8-6-4-2/h6,8,12,14,18,20,24,26,42,45,49,51,55,57,72H,3-5,7,9-11,13,15-17,19,21-23,25,27-41,43-44,46-48,50,52-54,56,58-71,75H2,1-2H3,(H,78,79)/b8-6-,14-12-,20-18-,26-24-,45-42-,51-49-,57-55-. The highest BCUT2D eigenvalue weighted by molar-refractivity contribution is 7.47. The van der Waals surface area contributed by atoms with E-state index in [1.807, 2.05) is 0 Å². The molecule has 3 N–H and O–H groups in total. The third-order valence-electron chi connectivity index (χ3n) is 15.5. The van der Waals surface area contributed by atoms with Crippen LogP contribution in [0, 0.1) is 0 Å². The number of hydrogen-bond donors (Lipinski definition) is 2. The number of nitrogens with two attached hydrogens (primary N) is 1. The molecule has 0 heterocycles. The molecule has 0 aliphatic rings. The van der Waals surface area contributed by atoms with Crippen LogP contribution in [0.25, 0.3) is 0 Å². The van der Waals surface area contributed by atoms with E-state index in [-0.39, 0.29) is 38.6 Å². The third-order valence-corrected chi connectivity index (χ3v) is 16.5. The Balaban J connectivity index is 3.84. The lowest BCUT2D eigenvalue weighted by atomic mass is 10.0. The van der Waals surface area contributed by atoms with Crippen LogP contribution in [0.5, 0.6) is 0 Å². The second-order valence-corrected chi connectivity index (χ2v) is 25.2. The van der Waals surface area contributed by atoms with Crippen molar-refractivity contribution >= 4 is 19.8 Å². The van der Waals surface area contributed by atoms with E-state index >= 15 is 0 Å². The van der Waals surface area contributed by atoms with Crippen molar-refractivity contribution in [1.29, 1.82) is 0 Å². The van der Waals surface area contributed by atoms with Crippen LogP contribution >= 0.6 is 7.82 Å². The molecule has 0 aliphatic carbocycles. The minimum absolute atomic E-state index is 0.0446. The zero-order valence-electron chi connectivity index (χ0n) is 54.9. The van der Waals surface area contributed by atoms with E-state index < -0.39 is 26.5 Å². The van der Waals surface area contributed by atoms with Crippen LogP contribution in [0.3, 0.4) is 0 Å². The molecule has 0 amide bonds. The zero-order valence-corrected chi connectivity index (χ0v) is 55.8. The minimum Gasteiger partial charge on any atom is -0.462 e. The summed E-state index contributed by atoms with van der Waals surface area (Å²) in [5, 5.41) is 0. The van der Waals surface area contributed by atoms with E-state index in [2.05, 4.69) is 98.9 Å². The van der Waals surface area contributed by atoms with Crippen molar-refractivity contribution in [2.45, 2.75) is 347 Å². The summed E-state index contributed by atoms with van der Waals surface area (Å²) in [5.41, 5.74) is 5.40. The van der Waals surface area contributed by atoms with Crippen LogP contribution < -0.4 is 5.73 Å². The number of carbonyl (C=O) groups is 2. The van der Waals surface area contributed by atoms with Gasteiger partial charge in [-0.1, -0.05) is 343 Å². The fourth-order valence-corrected chi connectivity index (χ4v) is 11.1. The number of phosphoric acid groups is 1. The first-order valence-corrected chi connectivity index (χ1v) is 37.1. The monoisotopic (exact) mass is 1200 g/mol. The zero-order chi connectivity index (χ0) is 60.9. The van der Waals surface area contributed by atoms with Crippen molar-refractivity contribution in [2.24, 2.45) is 5.73 Å². The smallest absolute Gasteiger partial charge is 0.462 e. The second-order valence-electron chi connectivity index (χ2n) is 23.7. The summed E-state index contributed by atoms with van der Waals surface area (Å²) in [6.07, 6.45) is 92.8. The molecule has 488 valence electrons. The quantitative estimate of drug-likeness (QED) is 0.0264. The second kappa shape index (κ2) is 69.3. The first-order valence-electron chi connectivity index (χ1n) is 35.6. The molecule has 2 unspecified atom stereocenters. The lowest BCUT2D eigenvalue weighted by Crippen LogP contribution is -2.29. The van der Waals surface area contributed by atoms with Gasteiger partial charge < -0.3 is 20.1 Å². The van der Waals surface area contributed by atoms with Crippen LogP contribution in [-0.2, 0) is 32.7 Å². The van der Waals surface area contributed by atoms with Crippen LogP contribution in [0.4, 0.5) is 0 Å². The molecular formula is C74H134NO8P. The summed E-state index contributed by atoms with van der Waals surface area (Å²) in [7, 11) is -4.41. The van der Waals surface area contributed by atoms with E-state index in [0.717, 1.165) is 83.5 Å². The molecule has 10 heteroatoms. The Labute approximate surface area is 519 Å². The van der Waals surface area contributed by atoms with Crippen molar-refractivity contribution in [3.63, 3.8) is 0 Å². The minimum atomic E-state index is -4.41. The Morgan fingerprint density at radius 2 is 0.655 bits per heavy atom. The average Bonchev–Trinajstić information content (AvgIpc) is 3.55. The highest BCUT2D eigenvalue weighted by atomic mass is 31.2.